The molecular formula is C55H87N15O16. The Labute approximate surface area is 498 Å². The van der Waals surface area contributed by atoms with Gasteiger partial charge >= 0.3 is 5.97 Å². The average Bonchev–Trinajstić information content (AvgIpc) is 2.14. The summed E-state index contributed by atoms with van der Waals surface area (Å²) in [5.74, 6) is -14.2. The summed E-state index contributed by atoms with van der Waals surface area (Å²) in [6.07, 6.45) is 0.726. The number of hydrogen-bond donors (Lipinski definition) is 17. The summed E-state index contributed by atoms with van der Waals surface area (Å²) in [4.78, 5) is 179. The minimum Gasteiger partial charge on any atom is -0.508 e. The normalized spacial score (nSPS) is 22.4. The number of carbonyl (C=O) groups excluding carboxylic acids is 12. The first-order valence-corrected chi connectivity index (χ1v) is 28.1. The number of primary amides is 2. The molecule has 0 unspecified atom stereocenters. The summed E-state index contributed by atoms with van der Waals surface area (Å²) in [5.41, 5.74) is 18.2. The molecule has 1 aliphatic rings. The number of aliphatic imine (C=N–C) groups is 1. The van der Waals surface area contributed by atoms with E-state index < -0.39 is 161 Å². The molecule has 478 valence electrons. The number of nitrogens with two attached hydrogens (primary N) is 4. The van der Waals surface area contributed by atoms with Crippen molar-refractivity contribution in [1.29, 1.82) is 0 Å². The lowest BCUT2D eigenvalue weighted by Gasteiger charge is -2.34. The fraction of sp³-hybridized carbons (Fsp3) is 0.600. The number of carboxylic acid groups (broad SMARTS) is 1. The number of aromatic hydroxyl groups is 1. The monoisotopic (exact) mass is 1210 g/mol. The second-order valence-electron chi connectivity index (χ2n) is 21.9. The Morgan fingerprint density at radius 1 is 0.709 bits per heavy atom. The highest BCUT2D eigenvalue weighted by Crippen LogP contribution is 2.21. The van der Waals surface area contributed by atoms with Gasteiger partial charge in [-0.25, -0.2) is 0 Å². The Kier molecular flexibility index (Phi) is 29.6. The van der Waals surface area contributed by atoms with E-state index in [2.05, 4.69) is 58.2 Å². The zero-order valence-corrected chi connectivity index (χ0v) is 49.8. The zero-order valence-electron chi connectivity index (χ0n) is 49.8. The van der Waals surface area contributed by atoms with E-state index in [0.29, 0.717) is 5.56 Å². The number of phenolic OH excluding ortho intramolecular Hbond substituents is 1. The van der Waals surface area contributed by atoms with Crippen LogP contribution in [0.15, 0.2) is 41.4 Å². The standard InChI is InChI=1S/C55H87N15O16/c1-9-34-48(82)69-55(8,52(86)68-41(28(2)3)49(83)66-37(26-39(56)74)45(79)61-29(4)44(78)64-35(43(57)77)17-16-24-60-53(58)59)23-15-13-11-10-12-14-22-54(7,70-50(84)42(30(5)71)62-31(6)72)51(85)67-36(25-32-18-20-33(73)21-19-32)46(80)65-38(27-40(75)76)47(81)63-34/h10-11,18-21,28-30,34-38,41-42,71,73H,9,12-17,22-27H2,1-8H3,(H2,56,74)(H2,57,77)(H,61,79)(H,62,72)(H,63,81)(H,64,78)(H,65,80)(H,66,83)(H,67,85)(H,68,86)(H,69,82)(H,70,84)(H,75,76)(H4,58,59,60)/b11-10-/t29-,30+,34-,35-,36-,37-,38-,41-,42-,54-,55-/m0/s1. The molecule has 0 radical (unpaired) electrons. The molecule has 11 atom stereocenters. The number of allylic oxidation sites excluding steroid dienone is 2. The van der Waals surface area contributed by atoms with E-state index in [1.54, 1.807) is 26.0 Å². The van der Waals surface area contributed by atoms with Crippen LogP contribution in [0.4, 0.5) is 0 Å². The highest BCUT2D eigenvalue weighted by Gasteiger charge is 2.43. The van der Waals surface area contributed by atoms with Crippen molar-refractivity contribution in [2.45, 2.75) is 198 Å². The molecule has 1 aliphatic heterocycles. The van der Waals surface area contributed by atoms with Gasteiger partial charge in [0.15, 0.2) is 5.96 Å². The molecule has 0 saturated heterocycles. The van der Waals surface area contributed by atoms with Crippen LogP contribution in [0.25, 0.3) is 0 Å². The number of rotatable bonds is 25. The SMILES string of the molecule is CC[C@@H]1NC(=O)[C@H](CC(=O)O)NC(=O)[C@H](Cc2ccc(O)cc2)NC(=O)[C@@](C)(NC(=O)[C@@H](NC(C)=O)[C@@H](C)O)CCC/C=C\CCC[C@@](C)(C(=O)N[C@H](C(=O)N[C@@H](CC(N)=O)C(=O)N[C@@H](C)C(=O)N[C@@H](CCCN=C(N)N)C(N)=O)C(C)C)NC1=O. The number of aliphatic hydroxyl groups excluding tert-OH is 1. The lowest BCUT2D eigenvalue weighted by atomic mass is 9.90. The van der Waals surface area contributed by atoms with Gasteiger partial charge in [0.1, 0.15) is 65.2 Å². The molecule has 12 amide bonds. The number of hydrogen-bond acceptors (Lipinski definition) is 16. The summed E-state index contributed by atoms with van der Waals surface area (Å²) in [5, 5.41) is 55.2. The molecule has 2 rings (SSSR count). The van der Waals surface area contributed by atoms with Gasteiger partial charge in [-0.15, -0.1) is 0 Å². The second kappa shape index (κ2) is 34.8. The number of carbonyl (C=O) groups is 13. The van der Waals surface area contributed by atoms with E-state index >= 15 is 0 Å². The van der Waals surface area contributed by atoms with Gasteiger partial charge in [0.2, 0.25) is 70.9 Å². The summed E-state index contributed by atoms with van der Waals surface area (Å²) in [6, 6.07) is -6.83. The number of aliphatic hydroxyl groups is 1. The quantitative estimate of drug-likeness (QED) is 0.0191. The first-order valence-electron chi connectivity index (χ1n) is 28.1. The Balaban J connectivity index is 2.61. The summed E-state index contributed by atoms with van der Waals surface area (Å²) >= 11 is 0. The molecule has 0 bridgehead atoms. The average molecular weight is 1210 g/mol. The number of nitrogens with one attached hydrogen (secondary N) is 10. The van der Waals surface area contributed by atoms with Crippen molar-refractivity contribution in [3.8, 4) is 5.75 Å². The summed E-state index contributed by atoms with van der Waals surface area (Å²) < 4.78 is 0. The van der Waals surface area contributed by atoms with E-state index in [1.165, 1.54) is 58.9 Å². The molecule has 86 heavy (non-hydrogen) atoms. The number of benzene rings is 1. The molecule has 0 aromatic heterocycles. The van der Waals surface area contributed by atoms with Crippen LogP contribution in [0.5, 0.6) is 5.75 Å². The fourth-order valence-corrected chi connectivity index (χ4v) is 8.83. The molecular weight excluding hydrogens is 1130 g/mol. The first kappa shape index (κ1) is 73.2. The Morgan fingerprint density at radius 2 is 1.29 bits per heavy atom. The van der Waals surface area contributed by atoms with Crippen LogP contribution in [-0.2, 0) is 68.7 Å². The van der Waals surface area contributed by atoms with Gasteiger partial charge in [-0.2, -0.15) is 0 Å². The van der Waals surface area contributed by atoms with E-state index in [4.69, 9.17) is 22.9 Å². The van der Waals surface area contributed by atoms with Crippen molar-refractivity contribution in [3.63, 3.8) is 0 Å². The van der Waals surface area contributed by atoms with Crippen molar-refractivity contribution >= 4 is 82.8 Å². The maximum Gasteiger partial charge on any atom is 0.305 e. The zero-order chi connectivity index (χ0) is 65.2. The van der Waals surface area contributed by atoms with Crippen LogP contribution in [0.2, 0.25) is 0 Å². The van der Waals surface area contributed by atoms with Crippen LogP contribution in [-0.4, -0.2) is 170 Å². The predicted octanol–water partition coefficient (Wildman–Crippen LogP) is -4.15. The Hall–Kier alpha value is -8.90. The third-order valence-corrected chi connectivity index (χ3v) is 13.9. The van der Waals surface area contributed by atoms with E-state index in [-0.39, 0.29) is 82.5 Å². The lowest BCUT2D eigenvalue weighted by Crippen LogP contribution is -2.65. The molecule has 0 saturated carbocycles. The lowest BCUT2D eigenvalue weighted by molar-refractivity contribution is -0.142. The second-order valence-corrected chi connectivity index (χ2v) is 21.9. The Bertz CT molecular complexity index is 2670. The van der Waals surface area contributed by atoms with E-state index in [0.717, 1.165) is 6.92 Å². The number of phenols is 1. The molecule has 31 heteroatoms. The van der Waals surface area contributed by atoms with Gasteiger partial charge in [0, 0.05) is 19.9 Å². The number of amides is 12. The first-order chi connectivity index (χ1) is 40.1. The summed E-state index contributed by atoms with van der Waals surface area (Å²) in [6.45, 7) is 11.0. The maximum atomic E-state index is 14.6. The minimum absolute atomic E-state index is 0.0317. The molecule has 31 nitrogen and oxygen atoms in total. The smallest absolute Gasteiger partial charge is 0.305 e. The minimum atomic E-state index is -1.91. The highest BCUT2D eigenvalue weighted by molar-refractivity contribution is 6.01. The number of aliphatic carboxylic acids is 1. The topological polar surface area (TPSA) is 519 Å². The summed E-state index contributed by atoms with van der Waals surface area (Å²) in [7, 11) is 0. The molecule has 1 aromatic rings. The van der Waals surface area contributed by atoms with Gasteiger partial charge in [-0.1, -0.05) is 45.1 Å². The molecule has 21 N–H and O–H groups in total. The largest absolute Gasteiger partial charge is 0.508 e. The van der Waals surface area contributed by atoms with Crippen molar-refractivity contribution in [1.82, 2.24) is 53.2 Å². The van der Waals surface area contributed by atoms with Crippen LogP contribution in [0.1, 0.15) is 132 Å². The van der Waals surface area contributed by atoms with Gasteiger partial charge in [0.05, 0.1) is 18.9 Å². The third kappa shape index (κ3) is 24.7. The predicted molar refractivity (Wildman–Crippen MR) is 311 cm³/mol. The number of guanidine groups is 1. The highest BCUT2D eigenvalue weighted by atomic mass is 16.4. The van der Waals surface area contributed by atoms with Crippen LogP contribution < -0.4 is 76.1 Å². The number of carboxylic acids is 1. The van der Waals surface area contributed by atoms with E-state index in [9.17, 15) is 77.6 Å². The molecule has 0 spiro atoms. The van der Waals surface area contributed by atoms with Gasteiger partial charge < -0.3 is 91.4 Å². The molecule has 0 aliphatic carbocycles. The molecule has 1 aromatic carbocycles. The number of nitrogens with zero attached hydrogens (tertiary/aromatic N) is 1. The van der Waals surface area contributed by atoms with Gasteiger partial charge in [-0.3, -0.25) is 67.3 Å². The van der Waals surface area contributed by atoms with Gasteiger partial charge in [-0.05, 0) is 109 Å². The molecule has 1 heterocycles. The van der Waals surface area contributed by atoms with Crippen molar-refractivity contribution in [2.24, 2.45) is 33.8 Å². The Morgan fingerprint density at radius 3 is 1.83 bits per heavy atom. The fourth-order valence-electron chi connectivity index (χ4n) is 8.83. The van der Waals surface area contributed by atoms with Crippen LogP contribution >= 0.6 is 0 Å². The molecule has 0 fully saturated rings. The van der Waals surface area contributed by atoms with Crippen LogP contribution in [0, 0.1) is 5.92 Å². The van der Waals surface area contributed by atoms with E-state index in [1.807, 2.05) is 0 Å². The van der Waals surface area contributed by atoms with Crippen molar-refractivity contribution in [3.05, 3.63) is 42.0 Å². The van der Waals surface area contributed by atoms with Gasteiger partial charge in [0.25, 0.3) is 0 Å². The van der Waals surface area contributed by atoms with Crippen molar-refractivity contribution in [2.75, 3.05) is 6.54 Å². The maximum absolute atomic E-state index is 14.6. The third-order valence-electron chi connectivity index (χ3n) is 13.9. The van der Waals surface area contributed by atoms with Crippen LogP contribution in [0.3, 0.4) is 0 Å². The van der Waals surface area contributed by atoms with Crippen molar-refractivity contribution < 1.29 is 77.6 Å².